The van der Waals surface area contributed by atoms with Crippen LogP contribution in [0.15, 0.2) is 69.5 Å². The van der Waals surface area contributed by atoms with Crippen molar-refractivity contribution in [1.29, 1.82) is 0 Å². The lowest BCUT2D eigenvalue weighted by atomic mass is 10.1. The van der Waals surface area contributed by atoms with Gasteiger partial charge in [-0.05, 0) is 31.2 Å². The van der Waals surface area contributed by atoms with E-state index in [4.69, 9.17) is 0 Å². The Bertz CT molecular complexity index is 838. The number of anilines is 1. The number of hydrogen-bond acceptors (Lipinski definition) is 3. The SMILES string of the molecule is CCN1C(=CC2=NC(=O)c3ccccc32)Sc2ccccc21. The van der Waals surface area contributed by atoms with Crippen molar-refractivity contribution in [2.75, 3.05) is 11.4 Å². The predicted octanol–water partition coefficient (Wildman–Crippen LogP) is 4.10. The second-order valence-corrected chi connectivity index (χ2v) is 6.21. The van der Waals surface area contributed by atoms with Gasteiger partial charge in [0.05, 0.1) is 22.0 Å². The Kier molecular flexibility index (Phi) is 3.12. The zero-order valence-electron chi connectivity index (χ0n) is 12.1. The zero-order valence-corrected chi connectivity index (χ0v) is 12.9. The highest BCUT2D eigenvalue weighted by Gasteiger charge is 2.26. The molecule has 2 heterocycles. The average Bonchev–Trinajstić information content (AvgIpc) is 3.06. The molecule has 0 radical (unpaired) electrons. The maximum atomic E-state index is 12.0. The quantitative estimate of drug-likeness (QED) is 0.837. The molecule has 0 saturated heterocycles. The predicted molar refractivity (Wildman–Crippen MR) is 90.7 cm³/mol. The first kappa shape index (κ1) is 13.3. The van der Waals surface area contributed by atoms with Gasteiger partial charge < -0.3 is 4.90 Å². The Hall–Kier alpha value is -2.33. The average molecular weight is 306 g/mol. The summed E-state index contributed by atoms with van der Waals surface area (Å²) in [5.41, 5.74) is 3.60. The third kappa shape index (κ3) is 1.99. The fourth-order valence-corrected chi connectivity index (χ4v) is 4.00. The molecule has 0 spiro atoms. The van der Waals surface area contributed by atoms with Crippen LogP contribution in [0.25, 0.3) is 0 Å². The number of amides is 1. The number of rotatable bonds is 2. The summed E-state index contributed by atoms with van der Waals surface area (Å²) in [6, 6.07) is 16.0. The van der Waals surface area contributed by atoms with E-state index in [-0.39, 0.29) is 5.91 Å². The molecule has 2 aromatic carbocycles. The van der Waals surface area contributed by atoms with Gasteiger partial charge in [0.2, 0.25) is 0 Å². The van der Waals surface area contributed by atoms with Gasteiger partial charge in [-0.2, -0.15) is 0 Å². The van der Waals surface area contributed by atoms with E-state index < -0.39 is 0 Å². The third-order valence-electron chi connectivity index (χ3n) is 3.87. The molecule has 0 aromatic heterocycles. The van der Waals surface area contributed by atoms with Gasteiger partial charge in [-0.3, -0.25) is 4.79 Å². The highest BCUT2D eigenvalue weighted by Crippen LogP contribution is 2.45. The molecule has 108 valence electrons. The van der Waals surface area contributed by atoms with E-state index in [2.05, 4.69) is 41.1 Å². The first-order valence-corrected chi connectivity index (χ1v) is 8.08. The van der Waals surface area contributed by atoms with Crippen molar-refractivity contribution < 1.29 is 4.79 Å². The van der Waals surface area contributed by atoms with Crippen LogP contribution >= 0.6 is 11.8 Å². The molecule has 0 saturated carbocycles. The van der Waals surface area contributed by atoms with Crippen LogP contribution in [0.1, 0.15) is 22.8 Å². The summed E-state index contributed by atoms with van der Waals surface area (Å²) < 4.78 is 0. The van der Waals surface area contributed by atoms with Gasteiger partial charge in [0.1, 0.15) is 0 Å². The lowest BCUT2D eigenvalue weighted by Crippen LogP contribution is -2.17. The number of nitrogens with zero attached hydrogens (tertiary/aromatic N) is 2. The second kappa shape index (κ2) is 5.14. The Morgan fingerprint density at radius 2 is 1.82 bits per heavy atom. The maximum absolute atomic E-state index is 12.0. The Morgan fingerprint density at radius 1 is 1.09 bits per heavy atom. The zero-order chi connectivity index (χ0) is 15.1. The van der Waals surface area contributed by atoms with Crippen LogP contribution in [-0.4, -0.2) is 18.2 Å². The number of carbonyl (C=O) groups excluding carboxylic acids is 1. The normalized spacial score (nSPS) is 17.7. The van der Waals surface area contributed by atoms with Gasteiger partial charge in [-0.1, -0.05) is 42.1 Å². The van der Waals surface area contributed by atoms with E-state index in [1.807, 2.05) is 30.3 Å². The summed E-state index contributed by atoms with van der Waals surface area (Å²) in [7, 11) is 0. The summed E-state index contributed by atoms with van der Waals surface area (Å²) >= 11 is 1.73. The molecule has 0 bridgehead atoms. The smallest absolute Gasteiger partial charge is 0.278 e. The molecule has 0 aliphatic carbocycles. The molecule has 4 heteroatoms. The van der Waals surface area contributed by atoms with Gasteiger partial charge in [-0.15, -0.1) is 0 Å². The molecule has 0 unspecified atom stereocenters. The Labute approximate surface area is 133 Å². The number of carbonyl (C=O) groups is 1. The number of hydrogen-bond donors (Lipinski definition) is 0. The largest absolute Gasteiger partial charge is 0.335 e. The molecule has 0 N–H and O–H groups in total. The monoisotopic (exact) mass is 306 g/mol. The number of para-hydroxylation sites is 1. The van der Waals surface area contributed by atoms with E-state index in [0.717, 1.165) is 22.8 Å². The molecule has 2 aromatic rings. The minimum Gasteiger partial charge on any atom is -0.335 e. The van der Waals surface area contributed by atoms with E-state index >= 15 is 0 Å². The van der Waals surface area contributed by atoms with Crippen LogP contribution in [0.3, 0.4) is 0 Å². The van der Waals surface area contributed by atoms with E-state index in [1.165, 1.54) is 10.6 Å². The van der Waals surface area contributed by atoms with Crippen molar-refractivity contribution in [3.05, 3.63) is 70.8 Å². The first-order chi connectivity index (χ1) is 10.8. The summed E-state index contributed by atoms with van der Waals surface area (Å²) in [4.78, 5) is 19.7. The standard InChI is InChI=1S/C18H14N2OS/c1-2-20-15-9-5-6-10-16(15)22-17(20)11-14-12-7-3-4-8-13(12)18(21)19-14/h3-11H,2H2,1H3. The summed E-state index contributed by atoms with van der Waals surface area (Å²) in [6.45, 7) is 3.02. The molecule has 2 aliphatic rings. The number of allylic oxidation sites excluding steroid dienone is 1. The van der Waals surface area contributed by atoms with Crippen molar-refractivity contribution in [3.63, 3.8) is 0 Å². The fourth-order valence-electron chi connectivity index (χ4n) is 2.84. The summed E-state index contributed by atoms with van der Waals surface area (Å²) in [6.07, 6.45) is 2.03. The topological polar surface area (TPSA) is 32.7 Å². The van der Waals surface area contributed by atoms with E-state index in [0.29, 0.717) is 5.56 Å². The minimum atomic E-state index is -0.147. The number of benzene rings is 2. The maximum Gasteiger partial charge on any atom is 0.278 e. The van der Waals surface area contributed by atoms with Crippen molar-refractivity contribution in [1.82, 2.24) is 0 Å². The van der Waals surface area contributed by atoms with Crippen molar-refractivity contribution in [2.45, 2.75) is 11.8 Å². The van der Waals surface area contributed by atoms with Gasteiger partial charge in [0.25, 0.3) is 5.91 Å². The number of fused-ring (bicyclic) bond motifs is 2. The number of aliphatic imine (C=N–C) groups is 1. The number of thioether (sulfide) groups is 1. The second-order valence-electron chi connectivity index (χ2n) is 5.14. The molecule has 0 atom stereocenters. The van der Waals surface area contributed by atoms with Gasteiger partial charge in [-0.25, -0.2) is 4.99 Å². The molecule has 4 rings (SSSR count). The molecule has 22 heavy (non-hydrogen) atoms. The highest BCUT2D eigenvalue weighted by atomic mass is 32.2. The van der Waals surface area contributed by atoms with Crippen molar-refractivity contribution in [2.24, 2.45) is 4.99 Å². The fraction of sp³-hybridized carbons (Fsp3) is 0.111. The van der Waals surface area contributed by atoms with E-state index in [9.17, 15) is 4.79 Å². The van der Waals surface area contributed by atoms with Gasteiger partial charge in [0.15, 0.2) is 0 Å². The third-order valence-corrected chi connectivity index (χ3v) is 4.98. The molecule has 0 fully saturated rings. The van der Waals surface area contributed by atoms with Crippen LogP contribution < -0.4 is 4.90 Å². The highest BCUT2D eigenvalue weighted by molar-refractivity contribution is 8.03. The molecule has 1 amide bonds. The lowest BCUT2D eigenvalue weighted by molar-refractivity contribution is 0.101. The summed E-state index contributed by atoms with van der Waals surface area (Å²) in [5, 5.41) is 1.12. The Balaban J connectivity index is 1.76. The first-order valence-electron chi connectivity index (χ1n) is 7.26. The molecule has 2 aliphatic heterocycles. The van der Waals surface area contributed by atoms with Gasteiger partial charge in [0, 0.05) is 17.0 Å². The van der Waals surface area contributed by atoms with Crippen LogP contribution in [0.4, 0.5) is 5.69 Å². The minimum absolute atomic E-state index is 0.147. The van der Waals surface area contributed by atoms with Crippen LogP contribution in [-0.2, 0) is 0 Å². The van der Waals surface area contributed by atoms with Crippen LogP contribution in [0.5, 0.6) is 0 Å². The van der Waals surface area contributed by atoms with Crippen LogP contribution in [0, 0.1) is 0 Å². The molecular formula is C18H14N2OS. The van der Waals surface area contributed by atoms with Crippen molar-refractivity contribution >= 4 is 29.1 Å². The lowest BCUT2D eigenvalue weighted by Gasteiger charge is -2.17. The molecular weight excluding hydrogens is 292 g/mol. The van der Waals surface area contributed by atoms with Crippen LogP contribution in [0.2, 0.25) is 0 Å². The van der Waals surface area contributed by atoms with E-state index in [1.54, 1.807) is 11.8 Å². The summed E-state index contributed by atoms with van der Waals surface area (Å²) in [5.74, 6) is -0.147. The molecule has 3 nitrogen and oxygen atoms in total. The van der Waals surface area contributed by atoms with Gasteiger partial charge >= 0.3 is 0 Å². The van der Waals surface area contributed by atoms with Crippen molar-refractivity contribution in [3.8, 4) is 0 Å². The Morgan fingerprint density at radius 3 is 2.64 bits per heavy atom.